The van der Waals surface area contributed by atoms with E-state index in [4.69, 9.17) is 4.74 Å². The maximum atomic E-state index is 5.62. The Bertz CT molecular complexity index is 451. The molecule has 1 saturated heterocycles. The number of nitrogens with one attached hydrogen (secondary N) is 2. The van der Waals surface area contributed by atoms with Gasteiger partial charge in [0.2, 0.25) is 0 Å². The first-order valence-corrected chi connectivity index (χ1v) is 8.23. The quantitative estimate of drug-likeness (QED) is 0.871. The summed E-state index contributed by atoms with van der Waals surface area (Å²) >= 11 is 0. The molecule has 0 spiro atoms. The van der Waals surface area contributed by atoms with E-state index in [2.05, 4.69) is 33.7 Å². The van der Waals surface area contributed by atoms with E-state index in [-0.39, 0.29) is 0 Å². The highest BCUT2D eigenvalue weighted by molar-refractivity contribution is 5.60. The zero-order valence-corrected chi connectivity index (χ0v) is 13.0. The minimum atomic E-state index is 0.712. The average molecular weight is 289 g/mol. The van der Waals surface area contributed by atoms with E-state index < -0.39 is 0 Å². The standard InChI is InChI=1S/C17H27N3O/c1-21-17-12-14(13-19-15-4-2-3-5-15)6-7-16(17)20-10-8-18-9-11-20/h6-7,12,15,18-19H,2-5,8-11,13H2,1H3. The molecule has 3 rings (SSSR count). The number of rotatable bonds is 5. The Morgan fingerprint density at radius 1 is 1.24 bits per heavy atom. The summed E-state index contributed by atoms with van der Waals surface area (Å²) in [5.41, 5.74) is 2.54. The molecule has 1 aliphatic heterocycles. The molecular formula is C17H27N3O. The molecule has 2 aliphatic rings. The van der Waals surface area contributed by atoms with Gasteiger partial charge in [0, 0.05) is 38.8 Å². The Morgan fingerprint density at radius 3 is 2.71 bits per heavy atom. The molecule has 4 nitrogen and oxygen atoms in total. The zero-order chi connectivity index (χ0) is 14.5. The fraction of sp³-hybridized carbons (Fsp3) is 0.647. The molecule has 0 aromatic heterocycles. The van der Waals surface area contributed by atoms with Crippen LogP contribution in [0.25, 0.3) is 0 Å². The van der Waals surface area contributed by atoms with Gasteiger partial charge in [-0.05, 0) is 30.5 Å². The van der Waals surface area contributed by atoms with E-state index in [1.165, 1.54) is 36.9 Å². The summed E-state index contributed by atoms with van der Waals surface area (Å²) in [5, 5.41) is 7.06. The van der Waals surface area contributed by atoms with Gasteiger partial charge < -0.3 is 20.3 Å². The molecule has 2 N–H and O–H groups in total. The fourth-order valence-electron chi connectivity index (χ4n) is 3.39. The molecule has 2 fully saturated rings. The van der Waals surface area contributed by atoms with E-state index >= 15 is 0 Å². The maximum absolute atomic E-state index is 5.62. The summed E-state index contributed by atoms with van der Waals surface area (Å²) in [5.74, 6) is 1.00. The normalized spacial score (nSPS) is 20.0. The van der Waals surface area contributed by atoms with Crippen molar-refractivity contribution in [2.45, 2.75) is 38.3 Å². The van der Waals surface area contributed by atoms with Crippen molar-refractivity contribution < 1.29 is 4.74 Å². The van der Waals surface area contributed by atoms with Crippen molar-refractivity contribution >= 4 is 5.69 Å². The molecule has 0 amide bonds. The van der Waals surface area contributed by atoms with E-state index in [9.17, 15) is 0 Å². The minimum Gasteiger partial charge on any atom is -0.495 e. The molecule has 0 radical (unpaired) electrons. The van der Waals surface area contributed by atoms with Crippen LogP contribution in [0.2, 0.25) is 0 Å². The second-order valence-electron chi connectivity index (χ2n) is 6.11. The summed E-state index contributed by atoms with van der Waals surface area (Å²) in [6.45, 7) is 5.15. The van der Waals surface area contributed by atoms with Crippen molar-refractivity contribution in [1.82, 2.24) is 10.6 Å². The summed E-state index contributed by atoms with van der Waals surface area (Å²) in [4.78, 5) is 2.41. The van der Waals surface area contributed by atoms with Crippen LogP contribution in [0.15, 0.2) is 18.2 Å². The van der Waals surface area contributed by atoms with Crippen molar-refractivity contribution in [1.29, 1.82) is 0 Å². The van der Waals surface area contributed by atoms with E-state index in [1.807, 2.05) is 0 Å². The second-order valence-corrected chi connectivity index (χ2v) is 6.11. The zero-order valence-electron chi connectivity index (χ0n) is 13.0. The van der Waals surface area contributed by atoms with Crippen LogP contribution in [0.4, 0.5) is 5.69 Å². The summed E-state index contributed by atoms with van der Waals surface area (Å²) < 4.78 is 5.62. The predicted molar refractivity (Wildman–Crippen MR) is 87.2 cm³/mol. The van der Waals surface area contributed by atoms with Crippen molar-refractivity contribution in [3.8, 4) is 5.75 Å². The van der Waals surface area contributed by atoms with Gasteiger partial charge in [-0.2, -0.15) is 0 Å². The Balaban J connectivity index is 1.65. The lowest BCUT2D eigenvalue weighted by molar-refractivity contribution is 0.412. The minimum absolute atomic E-state index is 0.712. The number of anilines is 1. The van der Waals surface area contributed by atoms with Crippen molar-refractivity contribution in [3.63, 3.8) is 0 Å². The molecule has 0 bridgehead atoms. The lowest BCUT2D eigenvalue weighted by Gasteiger charge is -2.30. The number of ether oxygens (including phenoxy) is 1. The van der Waals surface area contributed by atoms with Crippen LogP contribution in [0.5, 0.6) is 5.75 Å². The van der Waals surface area contributed by atoms with Crippen LogP contribution in [0.3, 0.4) is 0 Å². The molecular weight excluding hydrogens is 262 g/mol. The lowest BCUT2D eigenvalue weighted by atomic mass is 10.1. The number of methoxy groups -OCH3 is 1. The largest absolute Gasteiger partial charge is 0.495 e. The van der Waals surface area contributed by atoms with Gasteiger partial charge in [-0.25, -0.2) is 0 Å². The highest BCUT2D eigenvalue weighted by Crippen LogP contribution is 2.30. The number of hydrogen-bond acceptors (Lipinski definition) is 4. The highest BCUT2D eigenvalue weighted by atomic mass is 16.5. The Labute approximate surface area is 127 Å². The van der Waals surface area contributed by atoms with Crippen LogP contribution in [0, 0.1) is 0 Å². The fourth-order valence-corrected chi connectivity index (χ4v) is 3.39. The molecule has 1 aliphatic carbocycles. The monoisotopic (exact) mass is 289 g/mol. The summed E-state index contributed by atoms with van der Waals surface area (Å²) in [6, 6.07) is 7.36. The molecule has 1 aromatic rings. The topological polar surface area (TPSA) is 36.5 Å². The first-order chi connectivity index (χ1) is 10.4. The number of benzene rings is 1. The van der Waals surface area contributed by atoms with Gasteiger partial charge in [0.15, 0.2) is 0 Å². The van der Waals surface area contributed by atoms with Gasteiger partial charge in [-0.3, -0.25) is 0 Å². The summed E-state index contributed by atoms with van der Waals surface area (Å²) in [6.07, 6.45) is 5.41. The van der Waals surface area contributed by atoms with Gasteiger partial charge in [-0.1, -0.05) is 18.9 Å². The molecule has 116 valence electrons. The smallest absolute Gasteiger partial charge is 0.142 e. The molecule has 4 heteroatoms. The van der Waals surface area contributed by atoms with E-state index in [0.29, 0.717) is 6.04 Å². The molecule has 1 saturated carbocycles. The van der Waals surface area contributed by atoms with Crippen LogP contribution in [-0.2, 0) is 6.54 Å². The first kappa shape index (κ1) is 14.7. The number of piperazine rings is 1. The van der Waals surface area contributed by atoms with Gasteiger partial charge in [-0.15, -0.1) is 0 Å². The van der Waals surface area contributed by atoms with Crippen LogP contribution in [0.1, 0.15) is 31.2 Å². The number of nitrogens with zero attached hydrogens (tertiary/aromatic N) is 1. The SMILES string of the molecule is COc1cc(CNC2CCCC2)ccc1N1CCNCC1. The highest BCUT2D eigenvalue weighted by Gasteiger charge is 2.16. The Morgan fingerprint density at radius 2 is 2.00 bits per heavy atom. The van der Waals surface area contributed by atoms with Crippen LogP contribution < -0.4 is 20.3 Å². The van der Waals surface area contributed by atoms with Crippen LogP contribution in [-0.4, -0.2) is 39.3 Å². The maximum Gasteiger partial charge on any atom is 0.142 e. The van der Waals surface area contributed by atoms with Gasteiger partial charge in [0.05, 0.1) is 12.8 Å². The second kappa shape index (κ2) is 7.14. The van der Waals surface area contributed by atoms with Gasteiger partial charge >= 0.3 is 0 Å². The Hall–Kier alpha value is -1.26. The Kier molecular flexibility index (Phi) is 4.99. The third-order valence-electron chi connectivity index (χ3n) is 4.65. The number of hydrogen-bond donors (Lipinski definition) is 2. The van der Waals surface area contributed by atoms with Crippen molar-refractivity contribution in [3.05, 3.63) is 23.8 Å². The molecule has 0 atom stereocenters. The first-order valence-electron chi connectivity index (χ1n) is 8.23. The third-order valence-corrected chi connectivity index (χ3v) is 4.65. The molecule has 1 heterocycles. The van der Waals surface area contributed by atoms with Crippen LogP contribution >= 0.6 is 0 Å². The molecule has 21 heavy (non-hydrogen) atoms. The van der Waals surface area contributed by atoms with E-state index in [0.717, 1.165) is 38.5 Å². The van der Waals surface area contributed by atoms with Gasteiger partial charge in [0.1, 0.15) is 5.75 Å². The van der Waals surface area contributed by atoms with E-state index in [1.54, 1.807) is 7.11 Å². The lowest BCUT2D eigenvalue weighted by Crippen LogP contribution is -2.43. The predicted octanol–water partition coefficient (Wildman–Crippen LogP) is 2.14. The average Bonchev–Trinajstić information content (AvgIpc) is 3.07. The summed E-state index contributed by atoms with van der Waals surface area (Å²) in [7, 11) is 1.77. The molecule has 1 aromatic carbocycles. The van der Waals surface area contributed by atoms with Crippen molar-refractivity contribution in [2.75, 3.05) is 38.2 Å². The third kappa shape index (κ3) is 3.69. The van der Waals surface area contributed by atoms with Crippen molar-refractivity contribution in [2.24, 2.45) is 0 Å². The molecule has 0 unspecified atom stereocenters. The van der Waals surface area contributed by atoms with Gasteiger partial charge in [0.25, 0.3) is 0 Å².